The lowest BCUT2D eigenvalue weighted by Gasteiger charge is -2.10. The molecule has 0 saturated carbocycles. The van der Waals surface area contributed by atoms with E-state index in [4.69, 9.17) is 9.47 Å². The fraction of sp³-hybridized carbons (Fsp3) is 0.174. The Morgan fingerprint density at radius 3 is 2.67 bits per heavy atom. The van der Waals surface area contributed by atoms with Gasteiger partial charge in [0, 0.05) is 17.1 Å². The van der Waals surface area contributed by atoms with E-state index in [1.807, 2.05) is 60.7 Å². The number of hydrogen-bond acceptors (Lipinski definition) is 3. The molecule has 0 atom stereocenters. The quantitative estimate of drug-likeness (QED) is 0.582. The van der Waals surface area contributed by atoms with Crippen LogP contribution >= 0.6 is 0 Å². The van der Waals surface area contributed by atoms with Crippen molar-refractivity contribution in [3.63, 3.8) is 0 Å². The Balaban J connectivity index is 1.72. The summed E-state index contributed by atoms with van der Waals surface area (Å²) in [5.41, 5.74) is 1.66. The van der Waals surface area contributed by atoms with Crippen LogP contribution in [-0.4, -0.2) is 19.6 Å². The summed E-state index contributed by atoms with van der Waals surface area (Å²) in [6.07, 6.45) is 4.20. The molecule has 3 rings (SSSR count). The van der Waals surface area contributed by atoms with Gasteiger partial charge >= 0.3 is 0 Å². The fourth-order valence-corrected chi connectivity index (χ4v) is 2.80. The zero-order chi connectivity index (χ0) is 19.1. The third-order valence-electron chi connectivity index (χ3n) is 4.12. The number of anilines is 1. The first-order valence-corrected chi connectivity index (χ1v) is 8.99. The predicted molar refractivity (Wildman–Crippen MR) is 110 cm³/mol. The van der Waals surface area contributed by atoms with Crippen molar-refractivity contribution in [3.8, 4) is 11.5 Å². The van der Waals surface area contributed by atoms with E-state index < -0.39 is 0 Å². The van der Waals surface area contributed by atoms with Gasteiger partial charge in [0.1, 0.15) is 0 Å². The van der Waals surface area contributed by atoms with E-state index in [0.717, 1.165) is 28.4 Å². The lowest BCUT2D eigenvalue weighted by atomic mass is 10.1. The molecule has 138 valence electrons. The van der Waals surface area contributed by atoms with Crippen molar-refractivity contribution in [2.75, 3.05) is 19.0 Å². The number of methoxy groups -OCH3 is 1. The van der Waals surface area contributed by atoms with Gasteiger partial charge in [-0.2, -0.15) is 0 Å². The van der Waals surface area contributed by atoms with Gasteiger partial charge in [0.25, 0.3) is 0 Å². The van der Waals surface area contributed by atoms with Crippen molar-refractivity contribution >= 4 is 28.4 Å². The lowest BCUT2D eigenvalue weighted by Crippen LogP contribution is -2.08. The molecule has 0 heterocycles. The molecule has 0 bridgehead atoms. The molecule has 4 nitrogen and oxygen atoms in total. The highest BCUT2D eigenvalue weighted by molar-refractivity contribution is 6.07. The Kier molecular flexibility index (Phi) is 6.10. The number of rotatable bonds is 7. The first kappa shape index (κ1) is 18.5. The third-order valence-corrected chi connectivity index (χ3v) is 4.12. The van der Waals surface area contributed by atoms with Gasteiger partial charge in [-0.1, -0.05) is 49.4 Å². The normalized spacial score (nSPS) is 10.9. The van der Waals surface area contributed by atoms with Gasteiger partial charge in [0.15, 0.2) is 11.5 Å². The SMILES string of the molecule is CCCOc1ccc(/C=C/C(=O)Nc2cccc3ccccc23)cc1OC. The average molecular weight is 361 g/mol. The second kappa shape index (κ2) is 8.90. The van der Waals surface area contributed by atoms with Gasteiger partial charge in [-0.3, -0.25) is 4.79 Å². The van der Waals surface area contributed by atoms with Gasteiger partial charge in [-0.25, -0.2) is 0 Å². The van der Waals surface area contributed by atoms with Crippen LogP contribution in [-0.2, 0) is 4.79 Å². The summed E-state index contributed by atoms with van der Waals surface area (Å²) in [4.78, 5) is 12.3. The summed E-state index contributed by atoms with van der Waals surface area (Å²) in [6, 6.07) is 19.4. The number of fused-ring (bicyclic) bond motifs is 1. The van der Waals surface area contributed by atoms with Crippen LogP contribution in [0.2, 0.25) is 0 Å². The first-order valence-electron chi connectivity index (χ1n) is 8.99. The molecule has 0 saturated heterocycles. The van der Waals surface area contributed by atoms with Gasteiger partial charge in [0.05, 0.1) is 13.7 Å². The van der Waals surface area contributed by atoms with Gasteiger partial charge in [0.2, 0.25) is 5.91 Å². The maximum Gasteiger partial charge on any atom is 0.248 e. The molecule has 27 heavy (non-hydrogen) atoms. The standard InChI is InChI=1S/C23H23NO3/c1-3-15-27-21-13-11-17(16-22(21)26-2)12-14-23(25)24-20-10-6-8-18-7-4-5-9-19(18)20/h4-14,16H,3,15H2,1-2H3,(H,24,25)/b14-12+. The molecule has 0 aliphatic carbocycles. The van der Waals surface area contributed by atoms with Crippen molar-refractivity contribution in [1.29, 1.82) is 0 Å². The number of amides is 1. The summed E-state index contributed by atoms with van der Waals surface area (Å²) < 4.78 is 11.0. The highest BCUT2D eigenvalue weighted by Gasteiger charge is 2.06. The smallest absolute Gasteiger partial charge is 0.248 e. The molecular formula is C23H23NO3. The fourth-order valence-electron chi connectivity index (χ4n) is 2.80. The van der Waals surface area contributed by atoms with E-state index in [1.54, 1.807) is 13.2 Å². The van der Waals surface area contributed by atoms with Crippen LogP contribution in [0.15, 0.2) is 66.7 Å². The second-order valence-electron chi connectivity index (χ2n) is 6.11. The van der Waals surface area contributed by atoms with Crippen LogP contribution in [0.3, 0.4) is 0 Å². The van der Waals surface area contributed by atoms with E-state index >= 15 is 0 Å². The average Bonchev–Trinajstić information content (AvgIpc) is 2.71. The molecule has 0 aromatic heterocycles. The van der Waals surface area contributed by atoms with E-state index in [1.165, 1.54) is 6.08 Å². The van der Waals surface area contributed by atoms with E-state index in [-0.39, 0.29) is 5.91 Å². The number of carbonyl (C=O) groups excluding carboxylic acids is 1. The molecule has 3 aromatic carbocycles. The topological polar surface area (TPSA) is 47.6 Å². The number of nitrogens with one attached hydrogen (secondary N) is 1. The molecule has 0 aliphatic rings. The molecule has 4 heteroatoms. The Labute approximate surface area is 159 Å². The predicted octanol–water partition coefficient (Wildman–Crippen LogP) is 5.29. The maximum atomic E-state index is 12.3. The number of ether oxygens (including phenoxy) is 2. The van der Waals surface area contributed by atoms with E-state index in [2.05, 4.69) is 12.2 Å². The van der Waals surface area contributed by atoms with Crippen LogP contribution in [0.1, 0.15) is 18.9 Å². The molecular weight excluding hydrogens is 338 g/mol. The van der Waals surface area contributed by atoms with Crippen molar-refractivity contribution in [1.82, 2.24) is 0 Å². The minimum atomic E-state index is -0.184. The Morgan fingerprint density at radius 1 is 1.04 bits per heavy atom. The largest absolute Gasteiger partial charge is 0.493 e. The minimum Gasteiger partial charge on any atom is -0.493 e. The molecule has 0 fully saturated rings. The lowest BCUT2D eigenvalue weighted by molar-refractivity contribution is -0.111. The Hall–Kier alpha value is -3.27. The van der Waals surface area contributed by atoms with Crippen molar-refractivity contribution in [2.24, 2.45) is 0 Å². The number of hydrogen-bond donors (Lipinski definition) is 1. The minimum absolute atomic E-state index is 0.184. The van der Waals surface area contributed by atoms with Crippen molar-refractivity contribution < 1.29 is 14.3 Å². The molecule has 1 N–H and O–H groups in total. The maximum absolute atomic E-state index is 12.3. The summed E-state index contributed by atoms with van der Waals surface area (Å²) >= 11 is 0. The molecule has 0 radical (unpaired) electrons. The molecule has 0 spiro atoms. The zero-order valence-electron chi connectivity index (χ0n) is 15.6. The zero-order valence-corrected chi connectivity index (χ0v) is 15.6. The summed E-state index contributed by atoms with van der Waals surface area (Å²) in [6.45, 7) is 2.69. The molecule has 0 unspecified atom stereocenters. The molecule has 0 aliphatic heterocycles. The Bertz CT molecular complexity index is 957. The van der Waals surface area contributed by atoms with Crippen LogP contribution in [0, 0.1) is 0 Å². The van der Waals surface area contributed by atoms with E-state index in [0.29, 0.717) is 18.1 Å². The van der Waals surface area contributed by atoms with Crippen LogP contribution in [0.5, 0.6) is 11.5 Å². The highest BCUT2D eigenvalue weighted by atomic mass is 16.5. The first-order chi connectivity index (χ1) is 13.2. The highest BCUT2D eigenvalue weighted by Crippen LogP contribution is 2.29. The summed E-state index contributed by atoms with van der Waals surface area (Å²) in [5.74, 6) is 1.17. The number of benzene rings is 3. The van der Waals surface area contributed by atoms with Gasteiger partial charge in [-0.05, 0) is 41.6 Å². The van der Waals surface area contributed by atoms with Crippen molar-refractivity contribution in [2.45, 2.75) is 13.3 Å². The third kappa shape index (κ3) is 4.67. The molecule has 1 amide bonds. The van der Waals surface area contributed by atoms with Gasteiger partial charge in [-0.15, -0.1) is 0 Å². The van der Waals surface area contributed by atoms with E-state index in [9.17, 15) is 4.79 Å². The van der Waals surface area contributed by atoms with Gasteiger partial charge < -0.3 is 14.8 Å². The Morgan fingerprint density at radius 2 is 1.85 bits per heavy atom. The molecule has 3 aromatic rings. The van der Waals surface area contributed by atoms with Crippen molar-refractivity contribution in [3.05, 3.63) is 72.3 Å². The second-order valence-corrected chi connectivity index (χ2v) is 6.11. The summed E-state index contributed by atoms with van der Waals surface area (Å²) in [5, 5.41) is 5.05. The van der Waals surface area contributed by atoms with Crippen LogP contribution < -0.4 is 14.8 Å². The monoisotopic (exact) mass is 361 g/mol. The number of carbonyl (C=O) groups is 1. The van der Waals surface area contributed by atoms with Crippen LogP contribution in [0.25, 0.3) is 16.8 Å². The van der Waals surface area contributed by atoms with Crippen LogP contribution in [0.4, 0.5) is 5.69 Å². The summed E-state index contributed by atoms with van der Waals surface area (Å²) in [7, 11) is 1.61.